The van der Waals surface area contributed by atoms with E-state index in [1.807, 2.05) is 31.2 Å². The maximum atomic E-state index is 13.0. The van der Waals surface area contributed by atoms with Crippen molar-refractivity contribution < 1.29 is 13.9 Å². The predicted molar refractivity (Wildman–Crippen MR) is 79.6 cm³/mol. The number of nitrogens with one attached hydrogen (secondary N) is 1. The number of carbonyl (C=O) groups excluding carboxylic acids is 1. The Hall–Kier alpha value is -2.56. The zero-order valence-corrected chi connectivity index (χ0v) is 11.7. The Morgan fingerprint density at radius 3 is 2.81 bits per heavy atom. The molecule has 0 radical (unpaired) electrons. The Kier molecular flexibility index (Phi) is 4.77. The molecule has 110 valence electrons. The predicted octanol–water partition coefficient (Wildman–Crippen LogP) is 2.74. The van der Waals surface area contributed by atoms with Crippen LogP contribution in [-0.2, 0) is 6.54 Å². The average molecular weight is 288 g/mol. The largest absolute Gasteiger partial charge is 0.494 e. The van der Waals surface area contributed by atoms with Crippen LogP contribution in [0.1, 0.15) is 22.8 Å². The first-order valence-corrected chi connectivity index (χ1v) is 6.65. The summed E-state index contributed by atoms with van der Waals surface area (Å²) < 4.78 is 18.3. The van der Waals surface area contributed by atoms with Gasteiger partial charge in [-0.3, -0.25) is 4.79 Å². The first-order valence-electron chi connectivity index (χ1n) is 6.65. The molecule has 0 aromatic heterocycles. The minimum atomic E-state index is -0.464. The highest BCUT2D eigenvalue weighted by atomic mass is 19.1. The third kappa shape index (κ3) is 3.95. The summed E-state index contributed by atoms with van der Waals surface area (Å²) in [6.07, 6.45) is 0. The number of amides is 1. The molecule has 0 aliphatic rings. The molecule has 4 nitrogen and oxygen atoms in total. The Balaban J connectivity index is 2.02. The minimum absolute atomic E-state index is 0.121. The Bertz CT molecular complexity index is 644. The molecule has 0 heterocycles. The highest BCUT2D eigenvalue weighted by Gasteiger charge is 2.10. The Morgan fingerprint density at radius 1 is 1.29 bits per heavy atom. The van der Waals surface area contributed by atoms with Crippen molar-refractivity contribution >= 4 is 11.6 Å². The monoisotopic (exact) mass is 288 g/mol. The third-order valence-electron chi connectivity index (χ3n) is 2.92. The molecule has 21 heavy (non-hydrogen) atoms. The smallest absolute Gasteiger partial charge is 0.253 e. The van der Waals surface area contributed by atoms with E-state index in [0.717, 1.165) is 17.4 Å². The molecule has 0 unspecified atom stereocenters. The second kappa shape index (κ2) is 6.74. The van der Waals surface area contributed by atoms with E-state index in [1.165, 1.54) is 12.1 Å². The number of carbonyl (C=O) groups is 1. The first-order chi connectivity index (χ1) is 10.1. The molecule has 2 aromatic rings. The van der Waals surface area contributed by atoms with Crippen LogP contribution in [0.5, 0.6) is 5.75 Å². The SMILES string of the molecule is CCOc1cccc(CNC(=O)c2ccc(F)cc2N)c1. The Morgan fingerprint density at radius 2 is 2.10 bits per heavy atom. The number of halogens is 1. The number of rotatable bonds is 5. The molecular formula is C16H17FN2O2. The van der Waals surface area contributed by atoms with Crippen LogP contribution in [0.15, 0.2) is 42.5 Å². The second-order valence-corrected chi connectivity index (χ2v) is 4.49. The summed E-state index contributed by atoms with van der Waals surface area (Å²) >= 11 is 0. The van der Waals surface area contributed by atoms with E-state index in [4.69, 9.17) is 10.5 Å². The molecule has 0 bridgehead atoms. The number of benzene rings is 2. The number of nitrogen functional groups attached to an aromatic ring is 1. The number of nitrogens with two attached hydrogens (primary N) is 1. The van der Waals surface area contributed by atoms with E-state index in [1.54, 1.807) is 0 Å². The summed E-state index contributed by atoms with van der Waals surface area (Å²) in [6, 6.07) is 11.2. The van der Waals surface area contributed by atoms with Crippen LogP contribution in [0.4, 0.5) is 10.1 Å². The number of anilines is 1. The van der Waals surface area contributed by atoms with Crippen LogP contribution in [-0.4, -0.2) is 12.5 Å². The number of hydrogen-bond acceptors (Lipinski definition) is 3. The van der Waals surface area contributed by atoms with Gasteiger partial charge in [0.25, 0.3) is 5.91 Å². The van der Waals surface area contributed by atoms with E-state index in [-0.39, 0.29) is 17.2 Å². The van der Waals surface area contributed by atoms with Gasteiger partial charge in [-0.2, -0.15) is 0 Å². The Labute approximate surface area is 122 Å². The molecule has 0 spiro atoms. The van der Waals surface area contributed by atoms with Crippen molar-refractivity contribution in [2.75, 3.05) is 12.3 Å². The summed E-state index contributed by atoms with van der Waals surface area (Å²) in [4.78, 5) is 12.0. The van der Waals surface area contributed by atoms with Crippen molar-refractivity contribution in [1.29, 1.82) is 0 Å². The fraction of sp³-hybridized carbons (Fsp3) is 0.188. The van der Waals surface area contributed by atoms with Gasteiger partial charge in [0.1, 0.15) is 11.6 Å². The lowest BCUT2D eigenvalue weighted by atomic mass is 10.1. The highest BCUT2D eigenvalue weighted by molar-refractivity contribution is 5.99. The maximum Gasteiger partial charge on any atom is 0.253 e. The molecule has 0 fully saturated rings. The van der Waals surface area contributed by atoms with Crippen molar-refractivity contribution in [2.45, 2.75) is 13.5 Å². The van der Waals surface area contributed by atoms with E-state index in [0.29, 0.717) is 13.2 Å². The van der Waals surface area contributed by atoms with Crippen molar-refractivity contribution in [1.82, 2.24) is 5.32 Å². The second-order valence-electron chi connectivity index (χ2n) is 4.49. The molecule has 0 atom stereocenters. The van der Waals surface area contributed by atoms with Gasteiger partial charge in [-0.1, -0.05) is 12.1 Å². The topological polar surface area (TPSA) is 64.3 Å². The van der Waals surface area contributed by atoms with E-state index in [9.17, 15) is 9.18 Å². The van der Waals surface area contributed by atoms with Crippen LogP contribution in [0.25, 0.3) is 0 Å². The van der Waals surface area contributed by atoms with E-state index >= 15 is 0 Å². The van der Waals surface area contributed by atoms with Crippen molar-refractivity contribution in [3.8, 4) is 5.75 Å². The molecular weight excluding hydrogens is 271 g/mol. The quantitative estimate of drug-likeness (QED) is 0.831. The molecule has 1 amide bonds. The first kappa shape index (κ1) is 14.8. The van der Waals surface area contributed by atoms with Crippen LogP contribution < -0.4 is 15.8 Å². The van der Waals surface area contributed by atoms with Gasteiger partial charge in [-0.15, -0.1) is 0 Å². The fourth-order valence-electron chi connectivity index (χ4n) is 1.93. The van der Waals surface area contributed by atoms with Crippen LogP contribution in [0.3, 0.4) is 0 Å². The van der Waals surface area contributed by atoms with Crippen molar-refractivity contribution in [3.05, 3.63) is 59.4 Å². The average Bonchev–Trinajstić information content (AvgIpc) is 2.45. The van der Waals surface area contributed by atoms with E-state index in [2.05, 4.69) is 5.32 Å². The molecule has 0 aliphatic heterocycles. The van der Waals surface area contributed by atoms with Gasteiger partial charge < -0.3 is 15.8 Å². The van der Waals surface area contributed by atoms with Crippen LogP contribution in [0, 0.1) is 5.82 Å². The lowest BCUT2D eigenvalue weighted by Gasteiger charge is -2.09. The molecule has 2 rings (SSSR count). The van der Waals surface area contributed by atoms with Gasteiger partial charge >= 0.3 is 0 Å². The summed E-state index contributed by atoms with van der Waals surface area (Å²) in [7, 11) is 0. The molecule has 3 N–H and O–H groups in total. The van der Waals surface area contributed by atoms with E-state index < -0.39 is 5.82 Å². The summed E-state index contributed by atoms with van der Waals surface area (Å²) in [5, 5.41) is 2.75. The molecule has 0 saturated carbocycles. The standard InChI is InChI=1S/C16H17FN2O2/c1-2-21-13-5-3-4-11(8-13)10-19-16(20)14-7-6-12(17)9-15(14)18/h3-9H,2,10,18H2,1H3,(H,19,20). The van der Waals surface area contributed by atoms with Crippen molar-refractivity contribution in [3.63, 3.8) is 0 Å². The fourth-order valence-corrected chi connectivity index (χ4v) is 1.93. The molecule has 5 heteroatoms. The van der Waals surface area contributed by atoms with Crippen LogP contribution >= 0.6 is 0 Å². The van der Waals surface area contributed by atoms with Crippen molar-refractivity contribution in [2.24, 2.45) is 0 Å². The third-order valence-corrected chi connectivity index (χ3v) is 2.92. The molecule has 2 aromatic carbocycles. The van der Waals surface area contributed by atoms with Gasteiger partial charge in [-0.25, -0.2) is 4.39 Å². The molecule has 0 aliphatic carbocycles. The van der Waals surface area contributed by atoms with Gasteiger partial charge in [-0.05, 0) is 42.8 Å². The molecule has 0 saturated heterocycles. The lowest BCUT2D eigenvalue weighted by Crippen LogP contribution is -2.23. The van der Waals surface area contributed by atoms with Gasteiger partial charge in [0.15, 0.2) is 0 Å². The lowest BCUT2D eigenvalue weighted by molar-refractivity contribution is 0.0951. The maximum absolute atomic E-state index is 13.0. The summed E-state index contributed by atoms with van der Waals surface area (Å²) in [5.74, 6) is -0.0478. The minimum Gasteiger partial charge on any atom is -0.494 e. The van der Waals surface area contributed by atoms with Gasteiger partial charge in [0.2, 0.25) is 0 Å². The van der Waals surface area contributed by atoms with Gasteiger partial charge in [0, 0.05) is 12.2 Å². The summed E-state index contributed by atoms with van der Waals surface area (Å²) in [5.41, 5.74) is 6.93. The van der Waals surface area contributed by atoms with Crippen LogP contribution in [0.2, 0.25) is 0 Å². The summed E-state index contributed by atoms with van der Waals surface area (Å²) in [6.45, 7) is 2.84. The zero-order valence-electron chi connectivity index (χ0n) is 11.7. The number of hydrogen-bond donors (Lipinski definition) is 2. The number of ether oxygens (including phenoxy) is 1. The van der Waals surface area contributed by atoms with Gasteiger partial charge in [0.05, 0.1) is 12.2 Å². The zero-order chi connectivity index (χ0) is 15.2. The highest BCUT2D eigenvalue weighted by Crippen LogP contribution is 2.15. The normalized spacial score (nSPS) is 10.2.